The maximum Gasteiger partial charge on any atom is 0.410 e. The molecule has 1 aromatic rings. The number of fused-ring (bicyclic) bond motifs is 2. The molecule has 2 unspecified atom stereocenters. The zero-order valence-corrected chi connectivity index (χ0v) is 18.0. The fourth-order valence-corrected chi connectivity index (χ4v) is 4.12. The van der Waals surface area contributed by atoms with Crippen molar-refractivity contribution < 1.29 is 19.1 Å². The fourth-order valence-electron chi connectivity index (χ4n) is 4.12. The lowest BCUT2D eigenvalue weighted by Crippen LogP contribution is -2.60. The summed E-state index contributed by atoms with van der Waals surface area (Å²) in [7, 11) is 0. The molecule has 2 aliphatic rings. The van der Waals surface area contributed by atoms with Gasteiger partial charge in [-0.1, -0.05) is 39.0 Å². The van der Waals surface area contributed by atoms with Crippen LogP contribution in [0.2, 0.25) is 0 Å². The lowest BCUT2D eigenvalue weighted by atomic mass is 9.79. The van der Waals surface area contributed by atoms with E-state index in [0.29, 0.717) is 26.1 Å². The standard InChI is InChI=1S/C23H33NO4/c1-22(2,3)17-9-7-8-15(10-17)20(25)16-11-18-13-27-14-19(12-16)24(18)21(26)28-23(4,5)6/h7-10,16,18-19H,11-14H2,1-6H3. The van der Waals surface area contributed by atoms with Crippen LogP contribution in [-0.2, 0) is 14.9 Å². The molecule has 0 spiro atoms. The Balaban J connectivity index is 1.77. The van der Waals surface area contributed by atoms with Gasteiger partial charge < -0.3 is 9.47 Å². The minimum atomic E-state index is -0.535. The summed E-state index contributed by atoms with van der Waals surface area (Å²) in [5.74, 6) is 0.0830. The molecule has 2 saturated heterocycles. The van der Waals surface area contributed by atoms with Crippen LogP contribution in [0.25, 0.3) is 0 Å². The highest BCUT2D eigenvalue weighted by Crippen LogP contribution is 2.35. The lowest BCUT2D eigenvalue weighted by molar-refractivity contribution is -0.0861. The zero-order valence-electron chi connectivity index (χ0n) is 18.0. The van der Waals surface area contributed by atoms with E-state index >= 15 is 0 Å². The van der Waals surface area contributed by atoms with Crippen LogP contribution in [-0.4, -0.2) is 47.7 Å². The molecule has 0 N–H and O–H groups in total. The van der Waals surface area contributed by atoms with Crippen LogP contribution in [0.3, 0.4) is 0 Å². The Kier molecular flexibility index (Phi) is 5.59. The number of ketones is 1. The van der Waals surface area contributed by atoms with Crippen LogP contribution in [0.4, 0.5) is 4.79 Å². The summed E-state index contributed by atoms with van der Waals surface area (Å²) in [6.45, 7) is 13.0. The van der Waals surface area contributed by atoms with Crippen molar-refractivity contribution in [2.45, 2.75) is 77.5 Å². The third kappa shape index (κ3) is 4.57. The summed E-state index contributed by atoms with van der Waals surface area (Å²) in [5, 5.41) is 0. The van der Waals surface area contributed by atoms with Crippen LogP contribution in [0, 0.1) is 5.92 Å². The Morgan fingerprint density at radius 2 is 1.64 bits per heavy atom. The molecule has 2 fully saturated rings. The maximum absolute atomic E-state index is 13.2. The number of hydrogen-bond donors (Lipinski definition) is 0. The highest BCUT2D eigenvalue weighted by Gasteiger charge is 2.45. The first kappa shape index (κ1) is 20.8. The molecule has 0 aromatic heterocycles. The van der Waals surface area contributed by atoms with Gasteiger partial charge in [-0.2, -0.15) is 0 Å². The number of carbonyl (C=O) groups is 2. The monoisotopic (exact) mass is 387 g/mol. The summed E-state index contributed by atoms with van der Waals surface area (Å²) in [5.41, 5.74) is 1.39. The summed E-state index contributed by atoms with van der Waals surface area (Å²) >= 11 is 0. The molecule has 0 aliphatic carbocycles. The molecule has 5 nitrogen and oxygen atoms in total. The van der Waals surface area contributed by atoms with E-state index in [1.165, 1.54) is 0 Å². The molecule has 28 heavy (non-hydrogen) atoms. The third-order valence-corrected chi connectivity index (χ3v) is 5.51. The number of hydrogen-bond acceptors (Lipinski definition) is 4. The Labute approximate surface area is 168 Å². The van der Waals surface area contributed by atoms with Gasteiger partial charge in [0, 0.05) is 11.5 Å². The largest absolute Gasteiger partial charge is 0.444 e. The van der Waals surface area contributed by atoms with E-state index in [9.17, 15) is 9.59 Å². The summed E-state index contributed by atoms with van der Waals surface area (Å²) < 4.78 is 11.3. The number of morpholine rings is 1. The van der Waals surface area contributed by atoms with Crippen molar-refractivity contribution in [1.29, 1.82) is 0 Å². The molecular weight excluding hydrogens is 354 g/mol. The van der Waals surface area contributed by atoms with Gasteiger partial charge >= 0.3 is 6.09 Å². The molecule has 2 bridgehead atoms. The highest BCUT2D eigenvalue weighted by molar-refractivity contribution is 5.98. The average Bonchev–Trinajstić information content (AvgIpc) is 2.57. The van der Waals surface area contributed by atoms with Crippen molar-refractivity contribution >= 4 is 11.9 Å². The van der Waals surface area contributed by atoms with Crippen LogP contribution in [0.15, 0.2) is 24.3 Å². The van der Waals surface area contributed by atoms with Crippen LogP contribution >= 0.6 is 0 Å². The molecule has 1 amide bonds. The smallest absolute Gasteiger partial charge is 0.410 e. The second-order valence-electron chi connectivity index (χ2n) is 10.1. The van der Waals surface area contributed by atoms with Crippen LogP contribution < -0.4 is 0 Å². The van der Waals surface area contributed by atoms with Gasteiger partial charge in [0.15, 0.2) is 5.78 Å². The second kappa shape index (κ2) is 7.51. The number of carbonyl (C=O) groups excluding carboxylic acids is 2. The molecule has 0 saturated carbocycles. The van der Waals surface area contributed by atoms with Gasteiger partial charge in [-0.3, -0.25) is 9.69 Å². The van der Waals surface area contributed by atoms with Crippen molar-refractivity contribution in [1.82, 2.24) is 4.90 Å². The van der Waals surface area contributed by atoms with Gasteiger partial charge in [0.05, 0.1) is 25.3 Å². The fraction of sp³-hybridized carbons (Fsp3) is 0.652. The molecule has 2 atom stereocenters. The first-order chi connectivity index (χ1) is 13.0. The van der Waals surface area contributed by atoms with Crippen molar-refractivity contribution in [3.63, 3.8) is 0 Å². The number of benzene rings is 1. The molecule has 3 rings (SSSR count). The first-order valence-corrected chi connectivity index (χ1v) is 10.2. The van der Waals surface area contributed by atoms with E-state index < -0.39 is 5.60 Å². The Hall–Kier alpha value is -1.88. The van der Waals surface area contributed by atoms with Gasteiger partial charge in [-0.15, -0.1) is 0 Å². The predicted octanol–water partition coefficient (Wildman–Crippen LogP) is 4.58. The quantitative estimate of drug-likeness (QED) is 0.697. The summed E-state index contributed by atoms with van der Waals surface area (Å²) in [6.07, 6.45) is 0.939. The topological polar surface area (TPSA) is 55.8 Å². The molecule has 154 valence electrons. The molecule has 5 heteroatoms. The van der Waals surface area contributed by atoms with Gasteiger partial charge in [0.2, 0.25) is 0 Å². The van der Waals surface area contributed by atoms with Crippen LogP contribution in [0.5, 0.6) is 0 Å². The van der Waals surface area contributed by atoms with E-state index in [2.05, 4.69) is 26.8 Å². The van der Waals surface area contributed by atoms with Gasteiger partial charge in [0.25, 0.3) is 0 Å². The predicted molar refractivity (Wildman–Crippen MR) is 109 cm³/mol. The highest BCUT2D eigenvalue weighted by atomic mass is 16.6. The van der Waals surface area contributed by atoms with Crippen molar-refractivity contribution in [2.24, 2.45) is 5.92 Å². The molecule has 0 radical (unpaired) electrons. The Morgan fingerprint density at radius 3 is 2.18 bits per heavy atom. The van der Waals surface area contributed by atoms with E-state index in [1.54, 1.807) is 0 Å². The van der Waals surface area contributed by atoms with Gasteiger partial charge in [0.1, 0.15) is 5.60 Å². The van der Waals surface area contributed by atoms with Gasteiger partial charge in [-0.05, 0) is 50.7 Å². The van der Waals surface area contributed by atoms with E-state index in [-0.39, 0.29) is 35.3 Å². The lowest BCUT2D eigenvalue weighted by Gasteiger charge is -2.47. The Bertz CT molecular complexity index is 730. The molecule has 2 heterocycles. The number of amides is 1. The van der Waals surface area contributed by atoms with Crippen LogP contribution in [0.1, 0.15) is 70.3 Å². The van der Waals surface area contributed by atoms with Crippen molar-refractivity contribution in [2.75, 3.05) is 13.2 Å². The zero-order chi connectivity index (χ0) is 20.7. The number of rotatable bonds is 2. The normalized spacial score (nSPS) is 25.4. The number of ether oxygens (including phenoxy) is 2. The third-order valence-electron chi connectivity index (χ3n) is 5.51. The SMILES string of the molecule is CC(C)(C)OC(=O)N1C2COCC1CC(C(=O)c1cccc(C(C)(C)C)c1)C2. The Morgan fingerprint density at radius 1 is 1.04 bits per heavy atom. The minimum absolute atomic E-state index is 0.000710. The maximum atomic E-state index is 13.2. The molecular formula is C23H33NO4. The first-order valence-electron chi connectivity index (χ1n) is 10.2. The average molecular weight is 388 g/mol. The summed E-state index contributed by atoms with van der Waals surface area (Å²) in [4.78, 5) is 27.7. The van der Waals surface area contributed by atoms with Gasteiger partial charge in [-0.25, -0.2) is 4.79 Å². The molecule has 2 aliphatic heterocycles. The number of Topliss-reactive ketones (excluding diaryl/α,β-unsaturated/α-hetero) is 1. The molecule has 1 aromatic carbocycles. The minimum Gasteiger partial charge on any atom is -0.444 e. The summed E-state index contributed by atoms with van der Waals surface area (Å²) in [6, 6.07) is 7.75. The van der Waals surface area contributed by atoms with E-state index in [0.717, 1.165) is 11.1 Å². The van der Waals surface area contributed by atoms with Crippen molar-refractivity contribution in [3.8, 4) is 0 Å². The number of nitrogens with zero attached hydrogens (tertiary/aromatic N) is 1. The van der Waals surface area contributed by atoms with E-state index in [1.807, 2.05) is 43.9 Å². The van der Waals surface area contributed by atoms with E-state index in [4.69, 9.17) is 9.47 Å². The van der Waals surface area contributed by atoms with Crippen molar-refractivity contribution in [3.05, 3.63) is 35.4 Å². The second-order valence-corrected chi connectivity index (χ2v) is 10.1. The number of piperidine rings is 1.